The van der Waals surface area contributed by atoms with E-state index in [9.17, 15) is 13.2 Å². The van der Waals surface area contributed by atoms with Crippen LogP contribution < -0.4 is 0 Å². The number of carbonyl (C=O) groups is 1. The van der Waals surface area contributed by atoms with Gasteiger partial charge < -0.3 is 9.32 Å². The molecular weight excluding hydrogens is 404 g/mol. The maximum absolute atomic E-state index is 13.5. The predicted molar refractivity (Wildman–Crippen MR) is 111 cm³/mol. The zero-order valence-corrected chi connectivity index (χ0v) is 17.7. The Kier molecular flexibility index (Phi) is 5.48. The third kappa shape index (κ3) is 3.78. The van der Waals surface area contributed by atoms with Crippen LogP contribution in [0.2, 0.25) is 0 Å². The molecule has 0 bridgehead atoms. The van der Waals surface area contributed by atoms with Crippen LogP contribution in [-0.2, 0) is 10.0 Å². The number of sulfonamides is 1. The first-order valence-corrected chi connectivity index (χ1v) is 11.3. The number of rotatable bonds is 5. The lowest BCUT2D eigenvalue weighted by Gasteiger charge is -2.33. The van der Waals surface area contributed by atoms with Gasteiger partial charge in [0.2, 0.25) is 10.0 Å². The predicted octanol–water partition coefficient (Wildman–Crippen LogP) is 2.87. The zero-order valence-electron chi connectivity index (χ0n) is 16.9. The van der Waals surface area contributed by atoms with E-state index >= 15 is 0 Å². The second-order valence-corrected chi connectivity index (χ2v) is 9.36. The van der Waals surface area contributed by atoms with Gasteiger partial charge in [0.05, 0.1) is 6.26 Å². The fourth-order valence-electron chi connectivity index (χ4n) is 3.45. The number of benzene rings is 1. The molecule has 0 atom stereocenters. The molecule has 0 unspecified atom stereocenters. The van der Waals surface area contributed by atoms with Crippen LogP contribution in [0.25, 0.3) is 11.3 Å². The molecular formula is C21H24N4O4S. The van der Waals surface area contributed by atoms with Crippen LogP contribution in [-0.4, -0.2) is 59.5 Å². The summed E-state index contributed by atoms with van der Waals surface area (Å²) in [5.41, 5.74) is 1.19. The van der Waals surface area contributed by atoms with Crippen LogP contribution in [0.4, 0.5) is 0 Å². The Morgan fingerprint density at radius 3 is 2.33 bits per heavy atom. The molecule has 158 valence electrons. The fourth-order valence-corrected chi connectivity index (χ4v) is 5.02. The third-order valence-corrected chi connectivity index (χ3v) is 7.05. The van der Waals surface area contributed by atoms with Gasteiger partial charge in [-0.05, 0) is 26.0 Å². The van der Waals surface area contributed by atoms with Crippen molar-refractivity contribution < 1.29 is 17.6 Å². The first-order chi connectivity index (χ1) is 14.4. The molecule has 0 spiro atoms. The minimum Gasteiger partial charge on any atom is -0.459 e. The molecule has 8 nitrogen and oxygen atoms in total. The Morgan fingerprint density at radius 2 is 1.73 bits per heavy atom. The average Bonchev–Trinajstić information content (AvgIpc) is 3.44. The zero-order chi connectivity index (χ0) is 21.3. The monoisotopic (exact) mass is 428 g/mol. The van der Waals surface area contributed by atoms with Crippen molar-refractivity contribution in [3.63, 3.8) is 0 Å². The van der Waals surface area contributed by atoms with Gasteiger partial charge in [0.15, 0.2) is 5.76 Å². The second kappa shape index (κ2) is 8.08. The van der Waals surface area contributed by atoms with Crippen molar-refractivity contribution in [3.8, 4) is 11.3 Å². The molecule has 0 saturated carbocycles. The molecule has 4 rings (SSSR count). The summed E-state index contributed by atoms with van der Waals surface area (Å²) < 4.78 is 35.2. The van der Waals surface area contributed by atoms with Gasteiger partial charge in [0, 0.05) is 44.0 Å². The largest absolute Gasteiger partial charge is 0.459 e. The summed E-state index contributed by atoms with van der Waals surface area (Å²) in [7, 11) is -3.77. The minimum atomic E-state index is -3.77. The normalized spacial score (nSPS) is 15.6. The number of hydrogen-bond donors (Lipinski definition) is 0. The van der Waals surface area contributed by atoms with E-state index in [0.717, 1.165) is 5.56 Å². The van der Waals surface area contributed by atoms with Crippen molar-refractivity contribution in [2.45, 2.75) is 24.8 Å². The van der Waals surface area contributed by atoms with Crippen LogP contribution >= 0.6 is 0 Å². The number of hydrogen-bond acceptors (Lipinski definition) is 5. The quantitative estimate of drug-likeness (QED) is 0.623. The lowest BCUT2D eigenvalue weighted by atomic mass is 10.2. The smallest absolute Gasteiger partial charge is 0.289 e. The van der Waals surface area contributed by atoms with Crippen LogP contribution in [0.5, 0.6) is 0 Å². The van der Waals surface area contributed by atoms with E-state index in [0.29, 0.717) is 18.8 Å². The van der Waals surface area contributed by atoms with Crippen LogP contribution in [0.3, 0.4) is 0 Å². The van der Waals surface area contributed by atoms with Gasteiger partial charge >= 0.3 is 0 Å². The molecule has 2 aromatic heterocycles. The molecule has 1 fully saturated rings. The van der Waals surface area contributed by atoms with Crippen molar-refractivity contribution >= 4 is 15.9 Å². The summed E-state index contributed by atoms with van der Waals surface area (Å²) in [5, 5.41) is 4.55. The first kappa shape index (κ1) is 20.4. The fraction of sp³-hybridized carbons (Fsp3) is 0.333. The van der Waals surface area contributed by atoms with Crippen molar-refractivity contribution in [3.05, 3.63) is 60.7 Å². The topological polar surface area (TPSA) is 88.7 Å². The van der Waals surface area contributed by atoms with E-state index in [1.165, 1.54) is 10.6 Å². The highest BCUT2D eigenvalue weighted by molar-refractivity contribution is 7.89. The molecule has 1 saturated heterocycles. The van der Waals surface area contributed by atoms with E-state index in [4.69, 9.17) is 4.42 Å². The number of piperazine rings is 1. The van der Waals surface area contributed by atoms with Gasteiger partial charge in [-0.15, -0.1) is 0 Å². The van der Waals surface area contributed by atoms with E-state index in [1.807, 2.05) is 44.2 Å². The van der Waals surface area contributed by atoms with Crippen molar-refractivity contribution in [1.82, 2.24) is 19.0 Å². The molecule has 3 aromatic rings. The van der Waals surface area contributed by atoms with Gasteiger partial charge in [-0.3, -0.25) is 9.48 Å². The molecule has 9 heteroatoms. The van der Waals surface area contributed by atoms with Gasteiger partial charge in [-0.2, -0.15) is 9.40 Å². The standard InChI is InChI=1S/C21H24N4O4S/c1-16(2)25-15-19(20(22-25)17-7-4-3-5-8-17)30(27,28)24-12-10-23(11-13-24)21(26)18-9-6-14-29-18/h3-9,14-16H,10-13H2,1-2H3. The summed E-state index contributed by atoms with van der Waals surface area (Å²) in [4.78, 5) is 14.3. The van der Waals surface area contributed by atoms with Gasteiger partial charge in [0.25, 0.3) is 5.91 Å². The Labute approximate surface area is 175 Å². The Hall–Kier alpha value is -2.91. The van der Waals surface area contributed by atoms with Crippen LogP contribution in [0.15, 0.2) is 64.2 Å². The highest BCUT2D eigenvalue weighted by Crippen LogP contribution is 2.30. The second-order valence-electron chi connectivity index (χ2n) is 7.46. The van der Waals surface area contributed by atoms with Gasteiger partial charge in [0.1, 0.15) is 10.6 Å². The lowest BCUT2D eigenvalue weighted by Crippen LogP contribution is -2.50. The number of nitrogens with zero attached hydrogens (tertiary/aromatic N) is 4. The third-order valence-electron chi connectivity index (χ3n) is 5.15. The van der Waals surface area contributed by atoms with E-state index in [1.54, 1.807) is 27.9 Å². The van der Waals surface area contributed by atoms with Crippen LogP contribution in [0.1, 0.15) is 30.4 Å². The SMILES string of the molecule is CC(C)n1cc(S(=O)(=O)N2CCN(C(=O)c3ccco3)CC2)c(-c2ccccc2)n1. The molecule has 1 aromatic carbocycles. The molecule has 1 aliphatic rings. The van der Waals surface area contributed by atoms with Gasteiger partial charge in [-0.25, -0.2) is 8.42 Å². The molecule has 0 radical (unpaired) electrons. The molecule has 1 aliphatic heterocycles. The summed E-state index contributed by atoms with van der Waals surface area (Å²) in [5.74, 6) is 0.0329. The molecule has 0 aliphatic carbocycles. The molecule has 30 heavy (non-hydrogen) atoms. The number of aromatic nitrogens is 2. The lowest BCUT2D eigenvalue weighted by molar-refractivity contribution is 0.0666. The highest BCUT2D eigenvalue weighted by atomic mass is 32.2. The highest BCUT2D eigenvalue weighted by Gasteiger charge is 2.34. The Morgan fingerprint density at radius 1 is 1.03 bits per heavy atom. The van der Waals surface area contributed by atoms with Crippen molar-refractivity contribution in [2.24, 2.45) is 0 Å². The first-order valence-electron chi connectivity index (χ1n) is 9.85. The maximum Gasteiger partial charge on any atom is 0.289 e. The summed E-state index contributed by atoms with van der Waals surface area (Å²) in [6, 6.07) is 12.6. The van der Waals surface area contributed by atoms with E-state index < -0.39 is 10.0 Å². The van der Waals surface area contributed by atoms with Crippen molar-refractivity contribution in [1.29, 1.82) is 0 Å². The summed E-state index contributed by atoms with van der Waals surface area (Å²) >= 11 is 0. The molecule has 3 heterocycles. The molecule has 0 N–H and O–H groups in total. The summed E-state index contributed by atoms with van der Waals surface area (Å²) in [6.07, 6.45) is 3.05. The number of amides is 1. The van der Waals surface area contributed by atoms with E-state index in [2.05, 4.69) is 5.10 Å². The number of carbonyl (C=O) groups excluding carboxylic acids is 1. The van der Waals surface area contributed by atoms with Crippen molar-refractivity contribution in [2.75, 3.05) is 26.2 Å². The number of furan rings is 1. The van der Waals surface area contributed by atoms with Crippen LogP contribution in [0, 0.1) is 0 Å². The van der Waals surface area contributed by atoms with Gasteiger partial charge in [-0.1, -0.05) is 30.3 Å². The average molecular weight is 429 g/mol. The summed E-state index contributed by atoms with van der Waals surface area (Å²) in [6.45, 7) is 4.95. The Balaban J connectivity index is 1.59. The Bertz CT molecular complexity index is 1110. The minimum absolute atomic E-state index is 0.0270. The maximum atomic E-state index is 13.5. The van der Waals surface area contributed by atoms with E-state index in [-0.39, 0.29) is 35.7 Å². The molecule has 1 amide bonds.